The van der Waals surface area contributed by atoms with Crippen LogP contribution in [0.2, 0.25) is 5.02 Å². The lowest BCUT2D eigenvalue weighted by Gasteiger charge is -2.06. The number of nitrogens with one attached hydrogen (secondary N) is 1. The molecule has 0 aliphatic heterocycles. The van der Waals surface area contributed by atoms with Gasteiger partial charge in [0.05, 0.1) is 0 Å². The molecule has 0 unspecified atom stereocenters. The van der Waals surface area contributed by atoms with Crippen molar-refractivity contribution in [3.05, 3.63) is 46.2 Å². The fraction of sp³-hybridized carbons (Fsp3) is 0.167. The zero-order valence-corrected chi connectivity index (χ0v) is 11.0. The molecule has 88 valence electrons. The molecule has 0 aliphatic carbocycles. The molecule has 17 heavy (non-hydrogen) atoms. The molecule has 0 aliphatic rings. The Balaban J connectivity index is 2.48. The molecular weight excluding hydrogens is 254 g/mol. The Kier molecular flexibility index (Phi) is 3.45. The van der Waals surface area contributed by atoms with Crippen molar-refractivity contribution in [2.45, 2.75) is 13.5 Å². The van der Waals surface area contributed by atoms with Crippen LogP contribution in [-0.2, 0) is 6.54 Å². The number of hydrogen-bond acceptors (Lipinski definition) is 2. The van der Waals surface area contributed by atoms with E-state index in [0.717, 1.165) is 17.0 Å². The second kappa shape index (κ2) is 4.85. The van der Waals surface area contributed by atoms with Crippen molar-refractivity contribution in [2.24, 2.45) is 0 Å². The molecule has 0 saturated carbocycles. The third-order valence-electron chi connectivity index (χ3n) is 2.29. The Labute approximate surface area is 110 Å². The number of nitrogens with zero attached hydrogens (tertiary/aromatic N) is 2. The van der Waals surface area contributed by atoms with Gasteiger partial charge in [-0.1, -0.05) is 23.8 Å². The SMILES string of the molecule is C=C(C)Cn1c(-c2ccc(Cl)cc2)n[nH]c1=S. The van der Waals surface area contributed by atoms with Crippen LogP contribution in [-0.4, -0.2) is 14.8 Å². The summed E-state index contributed by atoms with van der Waals surface area (Å²) in [5.41, 5.74) is 2.00. The van der Waals surface area contributed by atoms with Crippen LogP contribution < -0.4 is 0 Å². The van der Waals surface area contributed by atoms with E-state index in [9.17, 15) is 0 Å². The van der Waals surface area contributed by atoms with Crippen molar-refractivity contribution < 1.29 is 0 Å². The lowest BCUT2D eigenvalue weighted by Crippen LogP contribution is -2.01. The summed E-state index contributed by atoms with van der Waals surface area (Å²) in [5, 5.41) is 7.73. The first kappa shape index (κ1) is 12.1. The van der Waals surface area contributed by atoms with Gasteiger partial charge in [0.2, 0.25) is 0 Å². The number of halogens is 1. The molecule has 1 heterocycles. The van der Waals surface area contributed by atoms with Gasteiger partial charge in [0.1, 0.15) is 0 Å². The molecular formula is C12H12ClN3S. The molecule has 0 amide bonds. The maximum Gasteiger partial charge on any atom is 0.195 e. The monoisotopic (exact) mass is 265 g/mol. The highest BCUT2D eigenvalue weighted by Crippen LogP contribution is 2.20. The number of aromatic nitrogens is 3. The summed E-state index contributed by atoms with van der Waals surface area (Å²) in [7, 11) is 0. The summed E-state index contributed by atoms with van der Waals surface area (Å²) < 4.78 is 2.51. The van der Waals surface area contributed by atoms with Crippen LogP contribution in [0.1, 0.15) is 6.92 Å². The maximum absolute atomic E-state index is 5.86. The predicted octanol–water partition coefficient (Wildman–Crippen LogP) is 3.84. The Morgan fingerprint density at radius 1 is 1.47 bits per heavy atom. The Morgan fingerprint density at radius 2 is 2.12 bits per heavy atom. The number of hydrogen-bond donors (Lipinski definition) is 1. The first-order chi connectivity index (χ1) is 8.08. The number of benzene rings is 1. The number of aromatic amines is 1. The van der Waals surface area contributed by atoms with Gasteiger partial charge < -0.3 is 0 Å². The summed E-state index contributed by atoms with van der Waals surface area (Å²) in [5.74, 6) is 0.801. The normalized spacial score (nSPS) is 10.5. The van der Waals surface area contributed by atoms with E-state index in [1.54, 1.807) is 0 Å². The van der Waals surface area contributed by atoms with E-state index >= 15 is 0 Å². The Bertz CT molecular complexity index is 595. The van der Waals surface area contributed by atoms with Crippen LogP contribution in [0.5, 0.6) is 0 Å². The molecule has 0 fully saturated rings. The van der Waals surface area contributed by atoms with Gasteiger partial charge in [-0.05, 0) is 43.4 Å². The zero-order valence-electron chi connectivity index (χ0n) is 9.40. The molecule has 0 bridgehead atoms. The van der Waals surface area contributed by atoms with Gasteiger partial charge in [0, 0.05) is 17.1 Å². The number of H-pyrrole nitrogens is 1. The van der Waals surface area contributed by atoms with Crippen LogP contribution in [0, 0.1) is 4.77 Å². The highest BCUT2D eigenvalue weighted by Gasteiger charge is 2.08. The van der Waals surface area contributed by atoms with Gasteiger partial charge in [-0.3, -0.25) is 9.67 Å². The topological polar surface area (TPSA) is 33.6 Å². The Hall–Kier alpha value is -1.39. The highest BCUT2D eigenvalue weighted by atomic mass is 35.5. The molecule has 5 heteroatoms. The summed E-state index contributed by atoms with van der Waals surface area (Å²) in [6, 6.07) is 7.50. The minimum absolute atomic E-state index is 0.595. The first-order valence-corrected chi connectivity index (χ1v) is 5.92. The standard InChI is InChI=1S/C12H12ClN3S/c1-8(2)7-16-11(14-15-12(16)17)9-3-5-10(13)6-4-9/h3-6H,1,7H2,2H3,(H,15,17). The fourth-order valence-electron chi connectivity index (χ4n) is 1.55. The van der Waals surface area contributed by atoms with Crippen molar-refractivity contribution in [2.75, 3.05) is 0 Å². The number of rotatable bonds is 3. The van der Waals surface area contributed by atoms with Crippen LogP contribution in [0.4, 0.5) is 0 Å². The molecule has 1 aromatic carbocycles. The zero-order chi connectivity index (χ0) is 12.4. The summed E-state index contributed by atoms with van der Waals surface area (Å²) in [6.07, 6.45) is 0. The molecule has 2 rings (SSSR count). The van der Waals surface area contributed by atoms with Gasteiger partial charge in [-0.2, -0.15) is 5.10 Å². The van der Waals surface area contributed by atoms with Crippen LogP contribution in [0.15, 0.2) is 36.4 Å². The second-order valence-corrected chi connectivity index (χ2v) is 4.73. The van der Waals surface area contributed by atoms with Crippen molar-refractivity contribution in [1.29, 1.82) is 0 Å². The summed E-state index contributed by atoms with van der Waals surface area (Å²) in [4.78, 5) is 0. The van der Waals surface area contributed by atoms with E-state index in [2.05, 4.69) is 16.8 Å². The van der Waals surface area contributed by atoms with Crippen molar-refractivity contribution in [3.8, 4) is 11.4 Å². The van der Waals surface area contributed by atoms with Gasteiger partial charge in [0.25, 0.3) is 0 Å². The molecule has 2 aromatic rings. The molecule has 0 saturated heterocycles. The average molecular weight is 266 g/mol. The van der Waals surface area contributed by atoms with E-state index in [1.807, 2.05) is 35.8 Å². The highest BCUT2D eigenvalue weighted by molar-refractivity contribution is 7.71. The van der Waals surface area contributed by atoms with Crippen molar-refractivity contribution >= 4 is 23.8 Å². The molecule has 1 N–H and O–H groups in total. The first-order valence-electron chi connectivity index (χ1n) is 5.13. The third-order valence-corrected chi connectivity index (χ3v) is 2.85. The maximum atomic E-state index is 5.86. The van der Waals surface area contributed by atoms with Gasteiger partial charge >= 0.3 is 0 Å². The lowest BCUT2D eigenvalue weighted by molar-refractivity contribution is 0.778. The van der Waals surface area contributed by atoms with Crippen molar-refractivity contribution in [3.63, 3.8) is 0 Å². The lowest BCUT2D eigenvalue weighted by atomic mass is 10.2. The Morgan fingerprint density at radius 3 is 2.71 bits per heavy atom. The quantitative estimate of drug-likeness (QED) is 0.676. The second-order valence-electron chi connectivity index (χ2n) is 3.90. The van der Waals surface area contributed by atoms with Crippen LogP contribution >= 0.6 is 23.8 Å². The van der Waals surface area contributed by atoms with Gasteiger partial charge in [-0.15, -0.1) is 0 Å². The molecule has 1 aromatic heterocycles. The number of allylic oxidation sites excluding steroid dienone is 1. The summed E-state index contributed by atoms with van der Waals surface area (Å²) >= 11 is 11.1. The van der Waals surface area contributed by atoms with E-state index < -0.39 is 0 Å². The smallest absolute Gasteiger partial charge is 0.195 e. The molecule has 0 spiro atoms. The largest absolute Gasteiger partial charge is 0.296 e. The molecule has 0 radical (unpaired) electrons. The fourth-order valence-corrected chi connectivity index (χ4v) is 1.88. The van der Waals surface area contributed by atoms with E-state index in [0.29, 0.717) is 16.3 Å². The average Bonchev–Trinajstić information content (AvgIpc) is 2.61. The van der Waals surface area contributed by atoms with Crippen molar-refractivity contribution in [1.82, 2.24) is 14.8 Å². The molecule has 3 nitrogen and oxygen atoms in total. The van der Waals surface area contributed by atoms with Gasteiger partial charge in [0.15, 0.2) is 10.6 Å². The van der Waals surface area contributed by atoms with E-state index in [4.69, 9.17) is 23.8 Å². The van der Waals surface area contributed by atoms with E-state index in [1.165, 1.54) is 0 Å². The van der Waals surface area contributed by atoms with Gasteiger partial charge in [-0.25, -0.2) is 0 Å². The van der Waals surface area contributed by atoms with Crippen LogP contribution in [0.3, 0.4) is 0 Å². The minimum atomic E-state index is 0.595. The van der Waals surface area contributed by atoms with E-state index in [-0.39, 0.29) is 0 Å². The predicted molar refractivity (Wildman–Crippen MR) is 72.7 cm³/mol. The summed E-state index contributed by atoms with van der Waals surface area (Å²) in [6.45, 7) is 6.51. The van der Waals surface area contributed by atoms with Crippen LogP contribution in [0.25, 0.3) is 11.4 Å². The minimum Gasteiger partial charge on any atom is -0.296 e. The third kappa shape index (κ3) is 2.65. The molecule has 0 atom stereocenters.